The molecule has 0 heterocycles. The molecule has 1 atom stereocenters. The van der Waals surface area contributed by atoms with Gasteiger partial charge in [-0.1, -0.05) is 29.8 Å². The molecular weight excluding hydrogens is 332 g/mol. The van der Waals surface area contributed by atoms with Crippen LogP contribution in [0.2, 0.25) is 0 Å². The molecule has 0 radical (unpaired) electrons. The van der Waals surface area contributed by atoms with Crippen LogP contribution in [-0.4, -0.2) is 23.9 Å². The number of hydrogen-bond donors (Lipinski definition) is 2. The van der Waals surface area contributed by atoms with E-state index >= 15 is 0 Å². The number of urea groups is 1. The summed E-state index contributed by atoms with van der Waals surface area (Å²) in [6, 6.07) is 11.5. The normalized spacial score (nSPS) is 11.5. The average Bonchev–Trinajstić information content (AvgIpc) is 2.61. The van der Waals surface area contributed by atoms with Gasteiger partial charge in [-0.15, -0.1) is 0 Å². The maximum atomic E-state index is 12.6. The van der Waals surface area contributed by atoms with Crippen LogP contribution >= 0.6 is 0 Å². The Labute approximate surface area is 152 Å². The van der Waals surface area contributed by atoms with Crippen LogP contribution < -0.4 is 11.1 Å². The quantitative estimate of drug-likeness (QED) is 0.615. The van der Waals surface area contributed by atoms with Gasteiger partial charge in [-0.2, -0.15) is 0 Å². The van der Waals surface area contributed by atoms with Crippen LogP contribution in [0.5, 0.6) is 0 Å². The summed E-state index contributed by atoms with van der Waals surface area (Å²) in [7, 11) is 0. The van der Waals surface area contributed by atoms with Crippen LogP contribution in [-0.2, 0) is 11.3 Å². The Bertz CT molecular complexity index is 828. The van der Waals surface area contributed by atoms with Crippen molar-refractivity contribution >= 4 is 17.8 Å². The first-order chi connectivity index (χ1) is 12.3. The maximum Gasteiger partial charge on any atom is 0.338 e. The summed E-state index contributed by atoms with van der Waals surface area (Å²) in [5.41, 5.74) is 8.50. The topological polar surface area (TPSA) is 98.5 Å². The maximum absolute atomic E-state index is 12.6. The van der Waals surface area contributed by atoms with E-state index < -0.39 is 18.1 Å². The third-order valence-corrected chi connectivity index (χ3v) is 3.97. The third kappa shape index (κ3) is 4.92. The van der Waals surface area contributed by atoms with Gasteiger partial charge in [-0.25, -0.2) is 9.59 Å². The molecule has 0 saturated carbocycles. The second kappa shape index (κ2) is 8.29. The number of esters is 1. The van der Waals surface area contributed by atoms with E-state index in [4.69, 9.17) is 10.5 Å². The fourth-order valence-corrected chi connectivity index (χ4v) is 2.45. The Balaban J connectivity index is 2.03. The number of ether oxygens (including phenoxy) is 1. The standard InChI is InChI=1S/C20H22N2O4/c1-12-4-5-13(2)17(10-12)18(23)14(3)26-19(24)16-8-6-15(7-9-16)11-22-20(21)25/h4-10,14H,11H2,1-3H3,(H3,21,22,25)/t14-/m0/s1. The van der Waals surface area contributed by atoms with Crippen molar-refractivity contribution in [2.24, 2.45) is 5.73 Å². The number of hydrogen-bond acceptors (Lipinski definition) is 4. The van der Waals surface area contributed by atoms with Gasteiger partial charge in [0.2, 0.25) is 5.78 Å². The first-order valence-electron chi connectivity index (χ1n) is 8.22. The van der Waals surface area contributed by atoms with E-state index in [2.05, 4.69) is 5.32 Å². The molecule has 0 fully saturated rings. The van der Waals surface area contributed by atoms with E-state index in [9.17, 15) is 14.4 Å². The highest BCUT2D eigenvalue weighted by Gasteiger charge is 2.21. The molecule has 0 aliphatic heterocycles. The molecule has 2 aromatic rings. The van der Waals surface area contributed by atoms with E-state index in [-0.39, 0.29) is 12.3 Å². The zero-order chi connectivity index (χ0) is 19.3. The second-order valence-electron chi connectivity index (χ2n) is 6.14. The Morgan fingerprint density at radius 3 is 2.35 bits per heavy atom. The lowest BCUT2D eigenvalue weighted by atomic mass is 9.99. The van der Waals surface area contributed by atoms with Crippen molar-refractivity contribution in [3.05, 3.63) is 70.3 Å². The van der Waals surface area contributed by atoms with E-state index in [1.165, 1.54) is 0 Å². The van der Waals surface area contributed by atoms with Crippen molar-refractivity contribution in [1.29, 1.82) is 0 Å². The molecule has 0 spiro atoms. The Morgan fingerprint density at radius 2 is 1.73 bits per heavy atom. The van der Waals surface area contributed by atoms with Gasteiger partial charge < -0.3 is 15.8 Å². The van der Waals surface area contributed by atoms with Crippen LogP contribution in [0.3, 0.4) is 0 Å². The summed E-state index contributed by atoms with van der Waals surface area (Å²) in [5, 5.41) is 2.46. The van der Waals surface area contributed by atoms with Crippen LogP contribution in [0, 0.1) is 13.8 Å². The first kappa shape index (κ1) is 19.2. The highest BCUT2D eigenvalue weighted by Crippen LogP contribution is 2.15. The molecule has 0 aliphatic carbocycles. The van der Waals surface area contributed by atoms with Crippen LogP contribution in [0.4, 0.5) is 4.79 Å². The molecule has 6 heteroatoms. The number of carbonyl (C=O) groups is 3. The SMILES string of the molecule is Cc1ccc(C)c(C(=O)[C@H](C)OC(=O)c2ccc(CNC(N)=O)cc2)c1. The monoisotopic (exact) mass is 354 g/mol. The number of carbonyl (C=O) groups excluding carboxylic acids is 3. The summed E-state index contributed by atoms with van der Waals surface area (Å²) >= 11 is 0. The first-order valence-corrected chi connectivity index (χ1v) is 8.22. The third-order valence-electron chi connectivity index (χ3n) is 3.97. The van der Waals surface area contributed by atoms with Gasteiger partial charge in [0.1, 0.15) is 0 Å². The van der Waals surface area contributed by atoms with Gasteiger partial charge in [0, 0.05) is 12.1 Å². The van der Waals surface area contributed by atoms with Crippen molar-refractivity contribution in [3.8, 4) is 0 Å². The summed E-state index contributed by atoms with van der Waals surface area (Å²) in [4.78, 5) is 35.5. The minimum absolute atomic E-state index is 0.234. The molecule has 0 saturated heterocycles. The van der Waals surface area contributed by atoms with E-state index in [0.717, 1.165) is 16.7 Å². The van der Waals surface area contributed by atoms with Crippen LogP contribution in [0.15, 0.2) is 42.5 Å². The number of benzene rings is 2. The predicted octanol–water partition coefficient (Wildman–Crippen LogP) is 2.90. The summed E-state index contributed by atoms with van der Waals surface area (Å²) in [6.45, 7) is 5.58. The van der Waals surface area contributed by atoms with Crippen molar-refractivity contribution < 1.29 is 19.1 Å². The van der Waals surface area contributed by atoms with Gasteiger partial charge in [0.05, 0.1) is 5.56 Å². The van der Waals surface area contributed by atoms with Gasteiger partial charge in [0.25, 0.3) is 0 Å². The van der Waals surface area contributed by atoms with Crippen molar-refractivity contribution in [3.63, 3.8) is 0 Å². The highest BCUT2D eigenvalue weighted by atomic mass is 16.5. The van der Waals surface area contributed by atoms with E-state index in [0.29, 0.717) is 11.1 Å². The largest absolute Gasteiger partial charge is 0.451 e. The van der Waals surface area contributed by atoms with Crippen molar-refractivity contribution in [2.45, 2.75) is 33.4 Å². The number of aryl methyl sites for hydroxylation is 2. The molecule has 0 aliphatic rings. The van der Waals surface area contributed by atoms with Crippen LogP contribution in [0.25, 0.3) is 0 Å². The summed E-state index contributed by atoms with van der Waals surface area (Å²) in [5.74, 6) is -0.813. The lowest BCUT2D eigenvalue weighted by Crippen LogP contribution is -2.28. The van der Waals surface area contributed by atoms with E-state index in [1.54, 1.807) is 37.3 Å². The fourth-order valence-electron chi connectivity index (χ4n) is 2.45. The molecule has 26 heavy (non-hydrogen) atoms. The molecule has 2 amide bonds. The van der Waals surface area contributed by atoms with Gasteiger partial charge in [0.15, 0.2) is 6.10 Å². The minimum Gasteiger partial charge on any atom is -0.451 e. The average molecular weight is 354 g/mol. The molecule has 0 bridgehead atoms. The fraction of sp³-hybridized carbons (Fsp3) is 0.250. The number of ketones is 1. The lowest BCUT2D eigenvalue weighted by Gasteiger charge is -2.14. The van der Waals surface area contributed by atoms with Gasteiger partial charge >= 0.3 is 12.0 Å². The number of nitrogens with one attached hydrogen (secondary N) is 1. The Hall–Kier alpha value is -3.15. The second-order valence-corrected chi connectivity index (χ2v) is 6.14. The molecule has 3 N–H and O–H groups in total. The molecule has 6 nitrogen and oxygen atoms in total. The number of amides is 2. The highest BCUT2D eigenvalue weighted by molar-refractivity contribution is 6.02. The lowest BCUT2D eigenvalue weighted by molar-refractivity contribution is 0.0318. The molecule has 0 unspecified atom stereocenters. The smallest absolute Gasteiger partial charge is 0.338 e. The molecule has 136 valence electrons. The van der Waals surface area contributed by atoms with Crippen molar-refractivity contribution in [2.75, 3.05) is 0 Å². The zero-order valence-corrected chi connectivity index (χ0v) is 15.0. The molecular formula is C20H22N2O4. The summed E-state index contributed by atoms with van der Waals surface area (Å²) < 4.78 is 5.31. The Morgan fingerprint density at radius 1 is 1.08 bits per heavy atom. The van der Waals surface area contributed by atoms with E-state index in [1.807, 2.05) is 26.0 Å². The van der Waals surface area contributed by atoms with Crippen molar-refractivity contribution in [1.82, 2.24) is 5.32 Å². The van der Waals surface area contributed by atoms with Gasteiger partial charge in [-0.05, 0) is 50.1 Å². The molecule has 2 rings (SSSR count). The number of rotatable bonds is 6. The van der Waals surface area contributed by atoms with Crippen LogP contribution in [0.1, 0.15) is 44.3 Å². The predicted molar refractivity (Wildman–Crippen MR) is 98.0 cm³/mol. The number of primary amides is 1. The minimum atomic E-state index is -0.890. The Kier molecular flexibility index (Phi) is 6.11. The van der Waals surface area contributed by atoms with Gasteiger partial charge in [-0.3, -0.25) is 4.79 Å². The summed E-state index contributed by atoms with van der Waals surface area (Å²) in [6.07, 6.45) is -0.890. The zero-order valence-electron chi connectivity index (χ0n) is 15.0. The number of Topliss-reactive ketones (excluding diaryl/α,β-unsaturated/α-hetero) is 1. The number of nitrogens with two attached hydrogens (primary N) is 1. The molecule has 0 aromatic heterocycles. The molecule has 2 aromatic carbocycles.